The first-order valence-electron chi connectivity index (χ1n) is 11.7. The Bertz CT molecular complexity index is 1520. The lowest BCUT2D eigenvalue weighted by Crippen LogP contribution is -2.39. The van der Waals surface area contributed by atoms with E-state index in [2.05, 4.69) is 0 Å². The Labute approximate surface area is 216 Å². The fraction of sp³-hybridized carbons (Fsp3) is 0.423. The molecule has 1 aliphatic rings. The van der Waals surface area contributed by atoms with Gasteiger partial charge in [0, 0.05) is 34.8 Å². The lowest BCUT2D eigenvalue weighted by Gasteiger charge is -2.22. The molecule has 5 nitrogen and oxygen atoms in total. The summed E-state index contributed by atoms with van der Waals surface area (Å²) in [4.78, 5) is 0. The second-order valence-corrected chi connectivity index (χ2v) is 12.7. The molecule has 0 spiro atoms. The maximum atomic E-state index is 14.2. The van der Waals surface area contributed by atoms with Crippen LogP contribution in [-0.2, 0) is 22.7 Å². The van der Waals surface area contributed by atoms with E-state index < -0.39 is 44.6 Å². The van der Waals surface area contributed by atoms with Gasteiger partial charge in [0.2, 0.25) is 10.0 Å². The van der Waals surface area contributed by atoms with E-state index in [-0.39, 0.29) is 52.5 Å². The van der Waals surface area contributed by atoms with Crippen LogP contribution >= 0.6 is 0 Å². The number of hydrogen-bond acceptors (Lipinski definition) is 3. The van der Waals surface area contributed by atoms with Gasteiger partial charge in [-0.05, 0) is 42.0 Å². The molecule has 0 saturated heterocycles. The largest absolute Gasteiger partial charge is 0.417 e. The molecule has 1 aliphatic carbocycles. The van der Waals surface area contributed by atoms with Gasteiger partial charge in [-0.15, -0.1) is 0 Å². The van der Waals surface area contributed by atoms with Crippen LogP contribution in [0.3, 0.4) is 0 Å². The average Bonchev–Trinajstić information content (AvgIpc) is 3.59. The molecule has 1 fully saturated rings. The number of alkyl halides is 6. The molecule has 0 aliphatic heterocycles. The fourth-order valence-electron chi connectivity index (χ4n) is 4.49. The Hall–Kier alpha value is -3.04. The average molecular weight is 558 g/mol. The highest BCUT2D eigenvalue weighted by Crippen LogP contribution is 2.43. The number of halogens is 6. The molecule has 1 saturated carbocycles. The van der Waals surface area contributed by atoms with Crippen molar-refractivity contribution in [3.63, 3.8) is 0 Å². The summed E-state index contributed by atoms with van der Waals surface area (Å²) in [6, 6.07) is 6.20. The van der Waals surface area contributed by atoms with E-state index in [4.69, 9.17) is 0 Å². The van der Waals surface area contributed by atoms with E-state index in [9.17, 15) is 40.0 Å². The third-order valence-corrected chi connectivity index (χ3v) is 8.13. The molecule has 0 unspecified atom stereocenters. The summed E-state index contributed by atoms with van der Waals surface area (Å²) < 4.78 is 112. The van der Waals surface area contributed by atoms with Crippen molar-refractivity contribution in [2.24, 2.45) is 5.41 Å². The zero-order chi connectivity index (χ0) is 28.3. The summed E-state index contributed by atoms with van der Waals surface area (Å²) in [5, 5.41) is 8.66. The molecular formula is C26H25F6N3O2S. The molecule has 0 bridgehead atoms. The second kappa shape index (κ2) is 9.31. The highest BCUT2D eigenvalue weighted by molar-refractivity contribution is 7.90. The van der Waals surface area contributed by atoms with Gasteiger partial charge in [0.1, 0.15) is 6.04 Å². The second-order valence-electron chi connectivity index (χ2n) is 10.7. The first-order chi connectivity index (χ1) is 17.4. The minimum atomic E-state index is -4.97. The molecule has 0 amide bonds. The molecule has 1 aromatic heterocycles. The van der Waals surface area contributed by atoms with Crippen LogP contribution in [0.2, 0.25) is 0 Å². The summed E-state index contributed by atoms with van der Waals surface area (Å²) in [6.07, 6.45) is -8.01. The Morgan fingerprint density at radius 1 is 1.08 bits per heavy atom. The number of hydrogen-bond donors (Lipinski definition) is 1. The van der Waals surface area contributed by atoms with E-state index in [0.717, 1.165) is 12.1 Å². The minimum Gasteiger partial charge on any atom is -0.347 e. The maximum absolute atomic E-state index is 14.2. The molecule has 4 rings (SSSR count). The van der Waals surface area contributed by atoms with E-state index in [0.29, 0.717) is 0 Å². The number of fused-ring (bicyclic) bond motifs is 1. The fourth-order valence-corrected chi connectivity index (χ4v) is 6.02. The van der Waals surface area contributed by atoms with Gasteiger partial charge < -0.3 is 4.57 Å². The Balaban J connectivity index is 1.97. The van der Waals surface area contributed by atoms with Gasteiger partial charge in [-0.2, -0.15) is 36.3 Å². The number of benzene rings is 2. The van der Waals surface area contributed by atoms with Crippen molar-refractivity contribution in [2.45, 2.75) is 63.8 Å². The van der Waals surface area contributed by atoms with Crippen LogP contribution in [0.25, 0.3) is 22.0 Å². The smallest absolute Gasteiger partial charge is 0.347 e. The standard InChI is InChI=1S/C26H25F6N3O2S/c1-24(2,3)14-35-13-19(23(26(30,31)32)34-38(36,37)17-8-9-17)18-10-7-15(11-21(18)35)22-16(12-33)5-4-6-20(22)25(27,28)29/h4-7,10-11,13,17,23,34H,8-9,14H2,1-3H3/t23-/m0/s1. The molecular weight excluding hydrogens is 532 g/mol. The van der Waals surface area contributed by atoms with Crippen molar-refractivity contribution in [1.29, 1.82) is 5.26 Å². The van der Waals surface area contributed by atoms with Gasteiger partial charge in [-0.25, -0.2) is 8.42 Å². The normalized spacial score (nSPS) is 16.0. The van der Waals surface area contributed by atoms with E-state index in [1.807, 2.05) is 25.5 Å². The van der Waals surface area contributed by atoms with Crippen LogP contribution in [0.4, 0.5) is 26.3 Å². The van der Waals surface area contributed by atoms with E-state index >= 15 is 0 Å². The predicted octanol–water partition coefficient (Wildman–Crippen LogP) is 6.93. The molecule has 2 aromatic carbocycles. The quantitative estimate of drug-likeness (QED) is 0.334. The lowest BCUT2D eigenvalue weighted by molar-refractivity contribution is -0.152. The van der Waals surface area contributed by atoms with Crippen molar-refractivity contribution < 1.29 is 34.8 Å². The first kappa shape index (κ1) is 28.0. The molecule has 204 valence electrons. The van der Waals surface area contributed by atoms with Crippen molar-refractivity contribution in [3.8, 4) is 17.2 Å². The number of rotatable bonds is 6. The van der Waals surface area contributed by atoms with Gasteiger partial charge in [0.05, 0.1) is 22.4 Å². The van der Waals surface area contributed by atoms with Crippen LogP contribution in [0.5, 0.6) is 0 Å². The SMILES string of the molecule is CC(C)(C)Cn1cc([C@H](NS(=O)(=O)C2CC2)C(F)(F)F)c2ccc(-c3c(C#N)cccc3C(F)(F)F)cc21. The lowest BCUT2D eigenvalue weighted by atomic mass is 9.93. The third kappa shape index (κ3) is 5.68. The van der Waals surface area contributed by atoms with Gasteiger partial charge >= 0.3 is 12.4 Å². The highest BCUT2D eigenvalue weighted by Gasteiger charge is 2.48. The molecule has 1 N–H and O–H groups in total. The maximum Gasteiger partial charge on any atom is 0.417 e. The molecule has 3 aromatic rings. The molecule has 1 heterocycles. The zero-order valence-corrected chi connectivity index (χ0v) is 21.5. The van der Waals surface area contributed by atoms with E-state index in [1.54, 1.807) is 6.07 Å². The summed E-state index contributed by atoms with van der Waals surface area (Å²) in [6.45, 7) is 5.71. The summed E-state index contributed by atoms with van der Waals surface area (Å²) >= 11 is 0. The summed E-state index contributed by atoms with van der Waals surface area (Å²) in [5.74, 6) is 0. The van der Waals surface area contributed by atoms with Crippen LogP contribution in [0, 0.1) is 16.7 Å². The number of sulfonamides is 1. The van der Waals surface area contributed by atoms with Gasteiger partial charge in [0.15, 0.2) is 0 Å². The monoisotopic (exact) mass is 557 g/mol. The minimum absolute atomic E-state index is 0.00361. The van der Waals surface area contributed by atoms with Crippen molar-refractivity contribution in [1.82, 2.24) is 9.29 Å². The first-order valence-corrected chi connectivity index (χ1v) is 13.3. The number of nitrogens with one attached hydrogen (secondary N) is 1. The number of nitriles is 1. The van der Waals surface area contributed by atoms with E-state index in [1.165, 1.54) is 35.0 Å². The van der Waals surface area contributed by atoms with Crippen molar-refractivity contribution >= 4 is 20.9 Å². The van der Waals surface area contributed by atoms with Gasteiger partial charge in [0.25, 0.3) is 0 Å². The number of aromatic nitrogens is 1. The van der Waals surface area contributed by atoms with Crippen LogP contribution < -0.4 is 4.72 Å². The summed E-state index contributed by atoms with van der Waals surface area (Å²) in [7, 11) is -4.23. The van der Waals surface area contributed by atoms with Crippen molar-refractivity contribution in [2.75, 3.05) is 0 Å². The summed E-state index contributed by atoms with van der Waals surface area (Å²) in [5.41, 5.74) is -2.26. The Morgan fingerprint density at radius 3 is 2.26 bits per heavy atom. The number of nitrogens with zero attached hydrogens (tertiary/aromatic N) is 2. The third-order valence-electron chi connectivity index (χ3n) is 6.22. The van der Waals surface area contributed by atoms with Gasteiger partial charge in [-0.1, -0.05) is 39.0 Å². The zero-order valence-electron chi connectivity index (χ0n) is 20.7. The van der Waals surface area contributed by atoms with Crippen LogP contribution in [-0.4, -0.2) is 24.4 Å². The highest BCUT2D eigenvalue weighted by atomic mass is 32.2. The molecule has 0 radical (unpaired) electrons. The van der Waals surface area contributed by atoms with Crippen LogP contribution in [0.1, 0.15) is 56.3 Å². The predicted molar refractivity (Wildman–Crippen MR) is 130 cm³/mol. The molecule has 38 heavy (non-hydrogen) atoms. The van der Waals surface area contributed by atoms with Crippen LogP contribution in [0.15, 0.2) is 42.6 Å². The Morgan fingerprint density at radius 2 is 1.74 bits per heavy atom. The molecule has 1 atom stereocenters. The topological polar surface area (TPSA) is 74.9 Å². The van der Waals surface area contributed by atoms with Crippen molar-refractivity contribution in [3.05, 3.63) is 59.3 Å². The van der Waals surface area contributed by atoms with Gasteiger partial charge in [-0.3, -0.25) is 0 Å². The Kier molecular flexibility index (Phi) is 6.85. The molecule has 12 heteroatoms.